The van der Waals surface area contributed by atoms with Gasteiger partial charge in [-0.15, -0.1) is 0 Å². The summed E-state index contributed by atoms with van der Waals surface area (Å²) in [4.78, 5) is 16.7. The zero-order chi connectivity index (χ0) is 15.5. The summed E-state index contributed by atoms with van der Waals surface area (Å²) >= 11 is 0. The molecule has 0 unspecified atom stereocenters. The van der Waals surface area contributed by atoms with Crippen LogP contribution in [0.2, 0.25) is 0 Å². The van der Waals surface area contributed by atoms with Gasteiger partial charge in [-0.1, -0.05) is 6.42 Å². The summed E-state index contributed by atoms with van der Waals surface area (Å²) in [5.74, 6) is 1.71. The quantitative estimate of drug-likeness (QED) is 0.888. The molecule has 22 heavy (non-hydrogen) atoms. The minimum atomic E-state index is -0.0673. The van der Waals surface area contributed by atoms with E-state index in [-0.39, 0.29) is 5.91 Å². The van der Waals surface area contributed by atoms with Gasteiger partial charge in [-0.3, -0.25) is 9.48 Å². The average Bonchev–Trinajstić information content (AvgIpc) is 3.06. The fourth-order valence-electron chi connectivity index (χ4n) is 2.91. The Labute approximate surface area is 130 Å². The number of hydrogen-bond donors (Lipinski definition) is 1. The van der Waals surface area contributed by atoms with E-state index < -0.39 is 0 Å². The Bertz CT molecular complexity index is 653. The molecule has 1 N–H and O–H groups in total. The maximum atomic E-state index is 12.2. The number of nitrogens with zero attached hydrogens (tertiary/aromatic N) is 4. The van der Waals surface area contributed by atoms with Crippen molar-refractivity contribution in [1.82, 2.24) is 24.6 Å². The van der Waals surface area contributed by atoms with Crippen molar-refractivity contribution in [2.24, 2.45) is 0 Å². The molecule has 6 nitrogen and oxygen atoms in total. The van der Waals surface area contributed by atoms with Crippen LogP contribution in [0.5, 0.6) is 0 Å². The summed E-state index contributed by atoms with van der Waals surface area (Å²) in [6.07, 6.45) is 7.36. The second-order valence-corrected chi connectivity index (χ2v) is 5.83. The van der Waals surface area contributed by atoms with E-state index in [4.69, 9.17) is 0 Å². The highest BCUT2D eigenvalue weighted by molar-refractivity contribution is 5.92. The van der Waals surface area contributed by atoms with Gasteiger partial charge in [-0.2, -0.15) is 5.10 Å². The first kappa shape index (κ1) is 14.8. The largest absolute Gasteiger partial charge is 0.349 e. The smallest absolute Gasteiger partial charge is 0.269 e. The maximum absolute atomic E-state index is 12.2. The van der Waals surface area contributed by atoms with Gasteiger partial charge in [0, 0.05) is 43.6 Å². The van der Waals surface area contributed by atoms with Crippen molar-refractivity contribution in [3.05, 3.63) is 35.7 Å². The lowest BCUT2D eigenvalue weighted by atomic mass is 9.85. The number of carbonyl (C=O) groups is 1. The second-order valence-electron chi connectivity index (χ2n) is 5.83. The average molecular weight is 301 g/mol. The Morgan fingerprint density at radius 1 is 1.45 bits per heavy atom. The summed E-state index contributed by atoms with van der Waals surface area (Å²) in [5.41, 5.74) is 1.78. The lowest BCUT2D eigenvalue weighted by Crippen LogP contribution is -2.30. The summed E-state index contributed by atoms with van der Waals surface area (Å²) in [6, 6.07) is 1.75. The van der Waals surface area contributed by atoms with Crippen molar-refractivity contribution >= 4 is 5.91 Å². The summed E-state index contributed by atoms with van der Waals surface area (Å²) in [5, 5.41) is 7.10. The highest BCUT2D eigenvalue weighted by atomic mass is 16.2. The van der Waals surface area contributed by atoms with Crippen LogP contribution in [0.1, 0.15) is 54.1 Å². The lowest BCUT2D eigenvalue weighted by Gasteiger charge is -2.26. The van der Waals surface area contributed by atoms with Gasteiger partial charge in [0.1, 0.15) is 11.5 Å². The van der Waals surface area contributed by atoms with Crippen LogP contribution >= 0.6 is 0 Å². The normalized spacial score (nSPS) is 14.8. The molecule has 1 fully saturated rings. The van der Waals surface area contributed by atoms with Crippen molar-refractivity contribution in [3.8, 4) is 0 Å². The monoisotopic (exact) mass is 301 g/mol. The van der Waals surface area contributed by atoms with Crippen LogP contribution < -0.4 is 5.32 Å². The summed E-state index contributed by atoms with van der Waals surface area (Å²) in [7, 11) is 0. The Morgan fingerprint density at radius 2 is 2.27 bits per heavy atom. The molecule has 0 spiro atoms. The maximum Gasteiger partial charge on any atom is 0.269 e. The van der Waals surface area contributed by atoms with Gasteiger partial charge >= 0.3 is 0 Å². The number of imidazole rings is 1. The molecular weight excluding hydrogens is 278 g/mol. The molecule has 1 saturated carbocycles. The SMILES string of the molecule is CCn1nccc1C(=O)NCCn1c(C)cnc1C1CCC1. The van der Waals surface area contributed by atoms with E-state index >= 15 is 0 Å². The van der Waals surface area contributed by atoms with Crippen molar-refractivity contribution in [3.63, 3.8) is 0 Å². The summed E-state index contributed by atoms with van der Waals surface area (Å²) in [6.45, 7) is 6.11. The Morgan fingerprint density at radius 3 is 2.95 bits per heavy atom. The number of hydrogen-bond acceptors (Lipinski definition) is 3. The number of amides is 1. The first-order chi connectivity index (χ1) is 10.7. The Balaban J connectivity index is 1.59. The van der Waals surface area contributed by atoms with E-state index in [0.29, 0.717) is 24.7 Å². The highest BCUT2D eigenvalue weighted by Gasteiger charge is 2.24. The molecule has 118 valence electrons. The minimum Gasteiger partial charge on any atom is -0.349 e. The van der Waals surface area contributed by atoms with Crippen molar-refractivity contribution in [1.29, 1.82) is 0 Å². The highest BCUT2D eigenvalue weighted by Crippen LogP contribution is 2.35. The molecule has 0 radical (unpaired) electrons. The molecule has 3 rings (SSSR count). The molecular formula is C16H23N5O. The van der Waals surface area contributed by atoms with Crippen molar-refractivity contribution < 1.29 is 4.79 Å². The molecule has 1 aliphatic rings. The third kappa shape index (κ3) is 2.77. The standard InChI is InChI=1S/C16H23N5O/c1-3-21-14(7-8-19-21)16(22)17-9-10-20-12(2)11-18-15(20)13-5-4-6-13/h7-8,11,13H,3-6,9-10H2,1-2H3,(H,17,22). The van der Waals surface area contributed by atoms with Crippen LogP contribution in [0, 0.1) is 6.92 Å². The first-order valence-corrected chi connectivity index (χ1v) is 8.02. The predicted molar refractivity (Wildman–Crippen MR) is 83.8 cm³/mol. The zero-order valence-corrected chi connectivity index (χ0v) is 13.2. The predicted octanol–water partition coefficient (Wildman–Crippen LogP) is 2.11. The fourth-order valence-corrected chi connectivity index (χ4v) is 2.91. The van der Waals surface area contributed by atoms with E-state index in [1.807, 2.05) is 13.1 Å². The fraction of sp³-hybridized carbons (Fsp3) is 0.562. The minimum absolute atomic E-state index is 0.0673. The zero-order valence-electron chi connectivity index (χ0n) is 13.2. The van der Waals surface area contributed by atoms with Gasteiger partial charge < -0.3 is 9.88 Å². The van der Waals surface area contributed by atoms with Crippen LogP contribution in [-0.4, -0.2) is 31.8 Å². The van der Waals surface area contributed by atoms with Crippen LogP contribution in [0.3, 0.4) is 0 Å². The van der Waals surface area contributed by atoms with Crippen LogP contribution in [0.15, 0.2) is 18.5 Å². The van der Waals surface area contributed by atoms with E-state index in [9.17, 15) is 4.79 Å². The number of carbonyl (C=O) groups excluding carboxylic acids is 1. The van der Waals surface area contributed by atoms with Gasteiger partial charge in [-0.25, -0.2) is 4.98 Å². The van der Waals surface area contributed by atoms with Crippen LogP contribution in [-0.2, 0) is 13.1 Å². The van der Waals surface area contributed by atoms with Gasteiger partial charge in [0.05, 0.1) is 0 Å². The number of rotatable bonds is 6. The molecule has 0 atom stereocenters. The third-order valence-corrected chi connectivity index (χ3v) is 4.43. The lowest BCUT2D eigenvalue weighted by molar-refractivity contribution is 0.0941. The molecule has 0 saturated heterocycles. The van der Waals surface area contributed by atoms with Crippen LogP contribution in [0.25, 0.3) is 0 Å². The molecule has 0 bridgehead atoms. The van der Waals surface area contributed by atoms with Crippen molar-refractivity contribution in [2.45, 2.75) is 52.1 Å². The van der Waals surface area contributed by atoms with E-state index in [1.165, 1.54) is 25.1 Å². The number of aryl methyl sites for hydroxylation is 2. The number of nitrogens with one attached hydrogen (secondary N) is 1. The molecule has 2 aromatic rings. The Kier molecular flexibility index (Phi) is 4.27. The topological polar surface area (TPSA) is 64.7 Å². The molecule has 6 heteroatoms. The molecule has 1 aliphatic carbocycles. The molecule has 2 aromatic heterocycles. The third-order valence-electron chi connectivity index (χ3n) is 4.43. The second kappa shape index (κ2) is 6.34. The van der Waals surface area contributed by atoms with Gasteiger partial charge in [-0.05, 0) is 32.8 Å². The molecule has 0 aliphatic heterocycles. The van der Waals surface area contributed by atoms with E-state index in [1.54, 1.807) is 16.9 Å². The Hall–Kier alpha value is -2.11. The van der Waals surface area contributed by atoms with E-state index in [0.717, 1.165) is 12.2 Å². The first-order valence-electron chi connectivity index (χ1n) is 8.02. The van der Waals surface area contributed by atoms with Gasteiger partial charge in [0.15, 0.2) is 0 Å². The van der Waals surface area contributed by atoms with Crippen LogP contribution in [0.4, 0.5) is 0 Å². The summed E-state index contributed by atoms with van der Waals surface area (Å²) < 4.78 is 3.94. The van der Waals surface area contributed by atoms with Gasteiger partial charge in [0.2, 0.25) is 0 Å². The molecule has 0 aromatic carbocycles. The van der Waals surface area contributed by atoms with E-state index in [2.05, 4.69) is 26.9 Å². The molecule has 2 heterocycles. The number of aromatic nitrogens is 4. The molecule has 1 amide bonds. The van der Waals surface area contributed by atoms with Gasteiger partial charge in [0.25, 0.3) is 5.91 Å². The van der Waals surface area contributed by atoms with Crippen molar-refractivity contribution in [2.75, 3.05) is 6.54 Å².